The van der Waals surface area contributed by atoms with E-state index in [4.69, 9.17) is 18.9 Å². The molecule has 0 spiro atoms. The Hall–Kier alpha value is -2.29. The highest BCUT2D eigenvalue weighted by atomic mass is 16.6. The number of hydrogen-bond acceptors (Lipinski definition) is 9. The van der Waals surface area contributed by atoms with Crippen LogP contribution in [0.4, 0.5) is 0 Å². The molecule has 0 saturated heterocycles. The molecule has 0 N–H and O–H groups in total. The lowest BCUT2D eigenvalue weighted by Gasteiger charge is -2.31. The van der Waals surface area contributed by atoms with Crippen LogP contribution < -0.4 is 0 Å². The number of aldehydes is 2. The van der Waals surface area contributed by atoms with Gasteiger partial charge in [-0.05, 0) is 0 Å². The molecule has 0 amide bonds. The summed E-state index contributed by atoms with van der Waals surface area (Å²) in [5.74, 6) is -3.35. The molecule has 0 rings (SSSR count). The fraction of sp³-hybridized carbons (Fsp3) is 0.643. The van der Waals surface area contributed by atoms with Crippen LogP contribution in [-0.2, 0) is 42.9 Å². The third kappa shape index (κ3) is 7.50. The quantitative estimate of drug-likeness (QED) is 0.294. The summed E-state index contributed by atoms with van der Waals surface area (Å²) < 4.78 is 19.6. The first-order valence-electron chi connectivity index (χ1n) is 6.68. The molecule has 130 valence electrons. The highest BCUT2D eigenvalue weighted by Crippen LogP contribution is 2.19. The number of methoxy groups -OCH3 is 1. The van der Waals surface area contributed by atoms with Crippen LogP contribution in [0.1, 0.15) is 20.8 Å². The molecule has 0 aromatic heterocycles. The predicted molar refractivity (Wildman–Crippen MR) is 74.2 cm³/mol. The monoisotopic (exact) mass is 332 g/mol. The Morgan fingerprint density at radius 1 is 0.870 bits per heavy atom. The molecule has 9 nitrogen and oxygen atoms in total. The van der Waals surface area contributed by atoms with Crippen molar-refractivity contribution in [3.8, 4) is 0 Å². The maximum Gasteiger partial charge on any atom is 0.303 e. The van der Waals surface area contributed by atoms with Crippen LogP contribution in [0.5, 0.6) is 0 Å². The van der Waals surface area contributed by atoms with Gasteiger partial charge in [0.15, 0.2) is 24.6 Å². The Kier molecular flexibility index (Phi) is 9.40. The van der Waals surface area contributed by atoms with Crippen molar-refractivity contribution in [3.63, 3.8) is 0 Å². The van der Waals surface area contributed by atoms with E-state index in [0.29, 0.717) is 12.6 Å². The molecule has 4 unspecified atom stereocenters. The second-order valence-electron chi connectivity index (χ2n) is 4.59. The smallest absolute Gasteiger partial charge is 0.303 e. The number of esters is 3. The lowest BCUT2D eigenvalue weighted by Crippen LogP contribution is -2.49. The average molecular weight is 332 g/mol. The van der Waals surface area contributed by atoms with E-state index in [1.807, 2.05) is 0 Å². The van der Waals surface area contributed by atoms with Crippen molar-refractivity contribution in [2.45, 2.75) is 39.1 Å². The van der Waals surface area contributed by atoms with Crippen molar-refractivity contribution in [2.75, 3.05) is 13.7 Å². The molecule has 9 heteroatoms. The van der Waals surface area contributed by atoms with Crippen molar-refractivity contribution < 1.29 is 42.9 Å². The summed E-state index contributed by atoms with van der Waals surface area (Å²) in [5.41, 5.74) is 0. The summed E-state index contributed by atoms with van der Waals surface area (Å²) in [5, 5.41) is 0. The number of carbonyl (C=O) groups excluding carboxylic acids is 5. The van der Waals surface area contributed by atoms with Gasteiger partial charge in [-0.2, -0.15) is 0 Å². The molecule has 0 aliphatic rings. The Morgan fingerprint density at radius 2 is 1.39 bits per heavy atom. The van der Waals surface area contributed by atoms with E-state index in [-0.39, 0.29) is 0 Å². The number of ether oxygens (including phenoxy) is 4. The van der Waals surface area contributed by atoms with E-state index < -0.39 is 48.7 Å². The lowest BCUT2D eigenvalue weighted by molar-refractivity contribution is -0.184. The van der Waals surface area contributed by atoms with Crippen molar-refractivity contribution in [3.05, 3.63) is 0 Å². The van der Waals surface area contributed by atoms with Crippen LogP contribution in [0, 0.1) is 5.92 Å². The standard InChI is InChI=1S/C14H20O9/c1-8(17)21-7-11(5-15)13(22-9(2)18)14(23-10(3)19)12(6-16)20-4/h5-6,11-14H,7H2,1-4H3. The van der Waals surface area contributed by atoms with E-state index in [2.05, 4.69) is 0 Å². The zero-order valence-electron chi connectivity index (χ0n) is 13.3. The Morgan fingerprint density at radius 3 is 1.74 bits per heavy atom. The Labute approximate surface area is 133 Å². The second-order valence-corrected chi connectivity index (χ2v) is 4.59. The minimum Gasteiger partial charge on any atom is -0.465 e. The molecule has 0 fully saturated rings. The van der Waals surface area contributed by atoms with Crippen molar-refractivity contribution >= 4 is 30.5 Å². The fourth-order valence-electron chi connectivity index (χ4n) is 1.79. The van der Waals surface area contributed by atoms with Gasteiger partial charge >= 0.3 is 17.9 Å². The predicted octanol–water partition coefficient (Wildman–Crippen LogP) is -0.558. The molecule has 0 bridgehead atoms. The van der Waals surface area contributed by atoms with Crippen LogP contribution in [0.25, 0.3) is 0 Å². The molecule has 23 heavy (non-hydrogen) atoms. The zero-order valence-corrected chi connectivity index (χ0v) is 13.3. The van der Waals surface area contributed by atoms with Crippen LogP contribution >= 0.6 is 0 Å². The molecule has 0 radical (unpaired) electrons. The third-order valence-electron chi connectivity index (χ3n) is 2.73. The molecule has 0 aromatic carbocycles. The maximum absolute atomic E-state index is 11.3. The highest BCUT2D eigenvalue weighted by molar-refractivity contribution is 5.70. The first kappa shape index (κ1) is 20.7. The van der Waals surface area contributed by atoms with E-state index >= 15 is 0 Å². The van der Waals surface area contributed by atoms with Gasteiger partial charge in [-0.25, -0.2) is 0 Å². The molecular weight excluding hydrogens is 312 g/mol. The van der Waals surface area contributed by atoms with Gasteiger partial charge < -0.3 is 28.5 Å². The molecule has 4 atom stereocenters. The van der Waals surface area contributed by atoms with Gasteiger partial charge in [0.05, 0.1) is 5.92 Å². The molecule has 0 saturated carbocycles. The Balaban J connectivity index is 5.57. The molecule has 0 aliphatic carbocycles. The van der Waals surface area contributed by atoms with Gasteiger partial charge in [-0.3, -0.25) is 14.4 Å². The number of hydrogen-bond donors (Lipinski definition) is 0. The topological polar surface area (TPSA) is 122 Å². The van der Waals surface area contributed by atoms with Crippen molar-refractivity contribution in [1.29, 1.82) is 0 Å². The van der Waals surface area contributed by atoms with E-state index in [9.17, 15) is 24.0 Å². The van der Waals surface area contributed by atoms with Gasteiger partial charge in [-0.15, -0.1) is 0 Å². The fourth-order valence-corrected chi connectivity index (χ4v) is 1.79. The minimum atomic E-state index is -1.37. The summed E-state index contributed by atoms with van der Waals surface area (Å²) in [6.07, 6.45) is -3.28. The molecule has 0 aliphatic heterocycles. The van der Waals surface area contributed by atoms with Gasteiger partial charge in [0.25, 0.3) is 0 Å². The highest BCUT2D eigenvalue weighted by Gasteiger charge is 2.40. The van der Waals surface area contributed by atoms with E-state index in [0.717, 1.165) is 20.8 Å². The first-order chi connectivity index (χ1) is 10.8. The third-order valence-corrected chi connectivity index (χ3v) is 2.73. The summed E-state index contributed by atoms with van der Waals surface area (Å²) in [6, 6.07) is 0. The summed E-state index contributed by atoms with van der Waals surface area (Å²) >= 11 is 0. The lowest BCUT2D eigenvalue weighted by atomic mass is 9.96. The normalized spacial score (nSPS) is 15.5. The van der Waals surface area contributed by atoms with Crippen LogP contribution in [0.2, 0.25) is 0 Å². The minimum absolute atomic E-state index is 0.345. The van der Waals surface area contributed by atoms with Gasteiger partial charge in [0.2, 0.25) is 0 Å². The van der Waals surface area contributed by atoms with Crippen LogP contribution in [-0.4, -0.2) is 62.5 Å². The summed E-state index contributed by atoms with van der Waals surface area (Å²) in [4.78, 5) is 55.8. The van der Waals surface area contributed by atoms with Crippen molar-refractivity contribution in [2.24, 2.45) is 5.92 Å². The van der Waals surface area contributed by atoms with Crippen molar-refractivity contribution in [1.82, 2.24) is 0 Å². The zero-order chi connectivity index (χ0) is 18.0. The Bertz CT molecular complexity index is 446. The maximum atomic E-state index is 11.3. The van der Waals surface area contributed by atoms with Gasteiger partial charge in [-0.1, -0.05) is 0 Å². The number of carbonyl (C=O) groups is 5. The average Bonchev–Trinajstić information content (AvgIpc) is 2.45. The summed E-state index contributed by atoms with van der Waals surface area (Å²) in [6.45, 7) is 2.88. The first-order valence-corrected chi connectivity index (χ1v) is 6.68. The molecule has 0 aromatic rings. The second kappa shape index (κ2) is 10.4. The summed E-state index contributed by atoms with van der Waals surface area (Å²) in [7, 11) is 1.18. The number of rotatable bonds is 10. The molecular formula is C14H20O9. The van der Waals surface area contributed by atoms with E-state index in [1.54, 1.807) is 0 Å². The van der Waals surface area contributed by atoms with E-state index in [1.165, 1.54) is 7.11 Å². The van der Waals surface area contributed by atoms with Crippen LogP contribution in [0.3, 0.4) is 0 Å². The van der Waals surface area contributed by atoms with Gasteiger partial charge in [0, 0.05) is 27.9 Å². The van der Waals surface area contributed by atoms with Crippen LogP contribution in [0.15, 0.2) is 0 Å². The SMILES string of the molecule is COC(C=O)C(OC(C)=O)C(OC(C)=O)C(C=O)COC(C)=O. The largest absolute Gasteiger partial charge is 0.465 e. The molecule has 0 heterocycles. The van der Waals surface area contributed by atoms with Gasteiger partial charge in [0.1, 0.15) is 12.9 Å².